The van der Waals surface area contributed by atoms with Crippen LogP contribution in [0.15, 0.2) is 4.99 Å². The zero-order chi connectivity index (χ0) is 11.0. The number of carboxylic acid groups (broad SMARTS) is 1. The second-order valence-corrected chi connectivity index (χ2v) is 2.82. The van der Waals surface area contributed by atoms with Crippen molar-refractivity contribution in [3.8, 4) is 0 Å². The van der Waals surface area contributed by atoms with Crippen LogP contribution in [0.3, 0.4) is 0 Å². The molecular weight excluding hydrogens is 188 g/mol. The van der Waals surface area contributed by atoms with Gasteiger partial charge in [0.25, 0.3) is 0 Å². The number of aliphatic carboxylic acids is 1. The van der Waals surface area contributed by atoms with Gasteiger partial charge in [-0.1, -0.05) is 0 Å². The van der Waals surface area contributed by atoms with E-state index in [0.717, 1.165) is 0 Å². The van der Waals surface area contributed by atoms with E-state index in [9.17, 15) is 9.90 Å². The van der Waals surface area contributed by atoms with Crippen LogP contribution in [0.4, 0.5) is 0 Å². The van der Waals surface area contributed by atoms with Crippen molar-refractivity contribution in [2.45, 2.75) is 25.0 Å². The van der Waals surface area contributed by atoms with Gasteiger partial charge >= 0.3 is 5.97 Å². The molecule has 2 atom stereocenters. The Morgan fingerprint density at radius 1 is 1.64 bits per heavy atom. The zero-order valence-corrected chi connectivity index (χ0v) is 7.76. The fourth-order valence-electron chi connectivity index (χ4n) is 0.853. The molecule has 0 radical (unpaired) electrons. The molecule has 0 aromatic heterocycles. The van der Waals surface area contributed by atoms with Gasteiger partial charge in [-0.25, -0.2) is 5.84 Å². The van der Waals surface area contributed by atoms with E-state index >= 15 is 0 Å². The molecule has 0 spiro atoms. The van der Waals surface area contributed by atoms with Crippen molar-refractivity contribution in [1.29, 1.82) is 0 Å². The van der Waals surface area contributed by atoms with Gasteiger partial charge in [0.1, 0.15) is 6.04 Å². The Kier molecular flexibility index (Phi) is 6.63. The second kappa shape index (κ2) is 7.25. The summed E-state index contributed by atoms with van der Waals surface area (Å²) in [6, 6.07) is -1.03. The molecule has 0 aromatic carbocycles. The quantitative estimate of drug-likeness (QED) is 0.141. The molecule has 0 aliphatic carbocycles. The van der Waals surface area contributed by atoms with Crippen molar-refractivity contribution in [3.05, 3.63) is 0 Å². The molecule has 82 valence electrons. The number of aliphatic hydroxyl groups excluding tert-OH is 1. The van der Waals surface area contributed by atoms with Gasteiger partial charge in [0.05, 0.1) is 12.4 Å². The van der Waals surface area contributed by atoms with E-state index in [0.29, 0.717) is 13.0 Å². The van der Waals surface area contributed by atoms with Crippen LogP contribution < -0.4 is 17.0 Å². The number of nitrogens with one attached hydrogen (secondary N) is 1. The van der Waals surface area contributed by atoms with E-state index < -0.39 is 18.1 Å². The van der Waals surface area contributed by atoms with Crippen molar-refractivity contribution in [3.63, 3.8) is 0 Å². The van der Waals surface area contributed by atoms with Gasteiger partial charge in [-0.2, -0.15) is 0 Å². The van der Waals surface area contributed by atoms with Crippen molar-refractivity contribution in [2.24, 2.45) is 16.6 Å². The van der Waals surface area contributed by atoms with Gasteiger partial charge in [-0.05, 0) is 12.8 Å². The molecule has 7 nitrogen and oxygen atoms in total. The Balaban J connectivity index is 3.59. The summed E-state index contributed by atoms with van der Waals surface area (Å²) < 4.78 is 0. The van der Waals surface area contributed by atoms with E-state index in [4.69, 9.17) is 16.7 Å². The Morgan fingerprint density at radius 2 is 2.29 bits per heavy atom. The molecule has 7 heteroatoms. The average Bonchev–Trinajstić information content (AvgIpc) is 2.12. The lowest BCUT2D eigenvalue weighted by Crippen LogP contribution is -2.34. The molecule has 1 unspecified atom stereocenters. The van der Waals surface area contributed by atoms with Crippen LogP contribution >= 0.6 is 0 Å². The van der Waals surface area contributed by atoms with Crippen LogP contribution in [0, 0.1) is 0 Å². The summed E-state index contributed by atoms with van der Waals surface area (Å²) in [5.74, 6) is 3.79. The van der Waals surface area contributed by atoms with Gasteiger partial charge in [0.15, 0.2) is 0 Å². The molecule has 0 aromatic rings. The van der Waals surface area contributed by atoms with Gasteiger partial charge in [0.2, 0.25) is 0 Å². The summed E-state index contributed by atoms with van der Waals surface area (Å²) in [6.45, 7) is 0.373. The number of hydrogen-bond donors (Lipinski definition) is 5. The fourth-order valence-corrected chi connectivity index (χ4v) is 0.853. The lowest BCUT2D eigenvalue weighted by molar-refractivity contribution is -0.139. The average molecular weight is 204 g/mol. The van der Waals surface area contributed by atoms with Crippen LogP contribution in [-0.2, 0) is 4.79 Å². The lowest BCUT2D eigenvalue weighted by Gasteiger charge is -2.11. The summed E-state index contributed by atoms with van der Waals surface area (Å²) in [4.78, 5) is 14.1. The minimum absolute atomic E-state index is 0.0287. The van der Waals surface area contributed by atoms with Gasteiger partial charge in [-0.15, -0.1) is 0 Å². The third-order valence-electron chi connectivity index (χ3n) is 1.60. The summed E-state index contributed by atoms with van der Waals surface area (Å²) in [6.07, 6.45) is 0.931. The minimum atomic E-state index is -1.11. The van der Waals surface area contributed by atoms with E-state index in [1.807, 2.05) is 0 Å². The van der Waals surface area contributed by atoms with Crippen molar-refractivity contribution < 1.29 is 15.0 Å². The largest absolute Gasteiger partial charge is 0.480 e. The van der Waals surface area contributed by atoms with E-state index in [1.54, 1.807) is 0 Å². The Labute approximate surface area is 81.8 Å². The van der Waals surface area contributed by atoms with Crippen molar-refractivity contribution in [2.75, 3.05) is 6.54 Å². The van der Waals surface area contributed by atoms with Crippen LogP contribution in [0.25, 0.3) is 0 Å². The first-order valence-corrected chi connectivity index (χ1v) is 4.18. The first-order chi connectivity index (χ1) is 6.57. The second-order valence-electron chi connectivity index (χ2n) is 2.82. The highest BCUT2D eigenvalue weighted by molar-refractivity contribution is 5.73. The molecule has 0 saturated carbocycles. The smallest absolute Gasteiger partial charge is 0.320 e. The number of hydrazine groups is 1. The number of nitrogens with two attached hydrogens (primary N) is 2. The van der Waals surface area contributed by atoms with E-state index in [2.05, 4.69) is 10.4 Å². The van der Waals surface area contributed by atoms with Crippen LogP contribution in [0.1, 0.15) is 12.8 Å². The number of carboxylic acids is 1. The number of carbonyl (C=O) groups is 1. The predicted octanol–water partition coefficient (Wildman–Crippen LogP) is -1.97. The number of aliphatic imine (C=N–C) groups is 1. The summed E-state index contributed by atoms with van der Waals surface area (Å²) in [7, 11) is 0. The molecule has 0 aliphatic rings. The maximum Gasteiger partial charge on any atom is 0.320 e. The zero-order valence-electron chi connectivity index (χ0n) is 7.76. The highest BCUT2D eigenvalue weighted by Crippen LogP contribution is 2.01. The number of hydrogen-bond acceptors (Lipinski definition) is 5. The molecular formula is C7H16N4O3. The monoisotopic (exact) mass is 204 g/mol. The molecule has 0 aliphatic heterocycles. The first-order valence-electron chi connectivity index (χ1n) is 4.18. The fraction of sp³-hybridized carbons (Fsp3) is 0.714. The normalized spacial score (nSPS) is 15.4. The topological polar surface area (TPSA) is 134 Å². The first kappa shape index (κ1) is 12.8. The Bertz CT molecular complexity index is 197. The van der Waals surface area contributed by atoms with Crippen LogP contribution in [0.5, 0.6) is 0 Å². The Morgan fingerprint density at radius 3 is 2.79 bits per heavy atom. The molecule has 0 saturated heterocycles. The molecule has 0 amide bonds. The van der Waals surface area contributed by atoms with Crippen LogP contribution in [0.2, 0.25) is 0 Å². The van der Waals surface area contributed by atoms with Gasteiger partial charge < -0.3 is 21.4 Å². The SMILES string of the molecule is NNC=NCCC(O)C[C@H](N)C(=O)O. The number of nitrogens with zero attached hydrogens (tertiary/aromatic N) is 1. The standard InChI is InChI=1S/C7H16N4O3/c8-6(7(13)14)3-5(12)1-2-10-4-11-9/h4-6,12H,1-3,8-9H2,(H,10,11)(H,13,14)/t5?,6-/m0/s1. The Hall–Kier alpha value is -1.18. The van der Waals surface area contributed by atoms with E-state index in [1.165, 1.54) is 6.34 Å². The molecule has 0 bridgehead atoms. The summed E-state index contributed by atoms with van der Waals surface area (Å²) >= 11 is 0. The summed E-state index contributed by atoms with van der Waals surface area (Å²) in [5.41, 5.74) is 7.43. The summed E-state index contributed by atoms with van der Waals surface area (Å²) in [5, 5.41) is 17.7. The van der Waals surface area contributed by atoms with Gasteiger partial charge in [0, 0.05) is 6.54 Å². The molecule has 0 heterocycles. The highest BCUT2D eigenvalue weighted by Gasteiger charge is 2.16. The maximum absolute atomic E-state index is 10.3. The number of rotatable bonds is 7. The molecule has 0 rings (SSSR count). The number of aliphatic hydroxyl groups is 1. The maximum atomic E-state index is 10.3. The molecule has 14 heavy (non-hydrogen) atoms. The lowest BCUT2D eigenvalue weighted by atomic mass is 10.1. The van der Waals surface area contributed by atoms with Crippen LogP contribution in [-0.4, -0.2) is 41.2 Å². The highest BCUT2D eigenvalue weighted by atomic mass is 16.4. The van der Waals surface area contributed by atoms with Crippen molar-refractivity contribution in [1.82, 2.24) is 5.43 Å². The third kappa shape index (κ3) is 6.35. The van der Waals surface area contributed by atoms with Crippen molar-refractivity contribution >= 4 is 12.3 Å². The molecule has 0 fully saturated rings. The molecule has 7 N–H and O–H groups in total. The third-order valence-corrected chi connectivity index (χ3v) is 1.60. The predicted molar refractivity (Wildman–Crippen MR) is 51.5 cm³/mol. The minimum Gasteiger partial charge on any atom is -0.480 e. The van der Waals surface area contributed by atoms with Gasteiger partial charge in [-0.3, -0.25) is 9.79 Å². The van der Waals surface area contributed by atoms with E-state index in [-0.39, 0.29) is 6.42 Å².